The van der Waals surface area contributed by atoms with Gasteiger partial charge >= 0.3 is 0 Å². The Hall–Kier alpha value is -2.42. The molecule has 0 saturated carbocycles. The number of piperazine rings is 1. The molecule has 2 aliphatic rings. The van der Waals surface area contributed by atoms with Crippen molar-refractivity contribution in [2.75, 3.05) is 18.0 Å². The normalized spacial score (nSPS) is 21.6. The minimum Gasteiger partial charge on any atom is -0.345 e. The molecule has 3 aromatic heterocycles. The second-order valence-electron chi connectivity index (χ2n) is 8.13. The minimum absolute atomic E-state index is 0.0525. The summed E-state index contributed by atoms with van der Waals surface area (Å²) in [6, 6.07) is 4.64. The number of hydrogen-bond acceptors (Lipinski definition) is 6. The molecule has 0 aliphatic carbocycles. The summed E-state index contributed by atoms with van der Waals surface area (Å²) in [6.07, 6.45) is 5.32. The Kier molecular flexibility index (Phi) is 4.16. The third kappa shape index (κ3) is 2.57. The number of anilines is 1. The number of halogens is 1. The fraction of sp³-hybridized carbons (Fsp3) is 0.381. The Bertz CT molecular complexity index is 1320. The first-order chi connectivity index (χ1) is 14.6. The summed E-state index contributed by atoms with van der Waals surface area (Å²) < 4.78 is 2.63. The minimum atomic E-state index is -0.0525. The molecule has 0 amide bonds. The van der Waals surface area contributed by atoms with E-state index in [4.69, 9.17) is 16.6 Å². The van der Waals surface area contributed by atoms with Gasteiger partial charge in [-0.2, -0.15) is 4.98 Å². The van der Waals surface area contributed by atoms with Crippen molar-refractivity contribution in [3.8, 4) is 11.1 Å². The van der Waals surface area contributed by atoms with E-state index in [0.29, 0.717) is 28.1 Å². The standard InChI is InChI=1S/C21H21ClN6OS/c1-27-20(29)16-14(13-5-6-15-18(17(13)22)30-10-25-15)9-24-19(16)26-21(27)28-11-3-2-4-12(28)8-23-7-11/h5-6,9-12,23-24H,2-4,7-8H2,1H3. The van der Waals surface area contributed by atoms with Crippen molar-refractivity contribution in [1.29, 1.82) is 0 Å². The summed E-state index contributed by atoms with van der Waals surface area (Å²) in [7, 11) is 1.83. The van der Waals surface area contributed by atoms with E-state index in [1.54, 1.807) is 10.1 Å². The molecule has 2 bridgehead atoms. The van der Waals surface area contributed by atoms with E-state index >= 15 is 0 Å². The predicted octanol–water partition coefficient (Wildman–Crippen LogP) is 3.52. The van der Waals surface area contributed by atoms with Gasteiger partial charge in [-0.3, -0.25) is 9.36 Å². The zero-order valence-corrected chi connectivity index (χ0v) is 18.1. The number of fused-ring (bicyclic) bond motifs is 4. The quantitative estimate of drug-likeness (QED) is 0.498. The van der Waals surface area contributed by atoms with Crippen LogP contribution in [0.2, 0.25) is 5.02 Å². The van der Waals surface area contributed by atoms with E-state index < -0.39 is 0 Å². The number of thiazole rings is 1. The number of nitrogens with zero attached hydrogens (tertiary/aromatic N) is 4. The Morgan fingerprint density at radius 2 is 2.00 bits per heavy atom. The second kappa shape index (κ2) is 6.80. The number of hydrogen-bond donors (Lipinski definition) is 2. The molecule has 6 rings (SSSR count). The van der Waals surface area contributed by atoms with E-state index in [2.05, 4.69) is 20.2 Å². The number of benzene rings is 1. The lowest BCUT2D eigenvalue weighted by Gasteiger charge is -2.47. The zero-order chi connectivity index (χ0) is 20.4. The van der Waals surface area contributed by atoms with Crippen molar-refractivity contribution in [1.82, 2.24) is 24.8 Å². The highest BCUT2D eigenvalue weighted by atomic mass is 35.5. The van der Waals surface area contributed by atoms with Crippen LogP contribution in [0, 0.1) is 0 Å². The summed E-state index contributed by atoms with van der Waals surface area (Å²) >= 11 is 8.20. The molecule has 7 nitrogen and oxygen atoms in total. The molecule has 2 atom stereocenters. The van der Waals surface area contributed by atoms with E-state index in [-0.39, 0.29) is 5.56 Å². The molecular weight excluding hydrogens is 420 g/mol. The maximum atomic E-state index is 13.5. The maximum Gasteiger partial charge on any atom is 0.264 e. The highest BCUT2D eigenvalue weighted by Gasteiger charge is 2.36. The van der Waals surface area contributed by atoms with Crippen molar-refractivity contribution in [2.45, 2.75) is 31.3 Å². The summed E-state index contributed by atoms with van der Waals surface area (Å²) in [4.78, 5) is 28.3. The molecule has 30 heavy (non-hydrogen) atoms. The summed E-state index contributed by atoms with van der Waals surface area (Å²) in [5.41, 5.74) is 4.82. The van der Waals surface area contributed by atoms with Gasteiger partial charge in [-0.05, 0) is 25.3 Å². The van der Waals surface area contributed by atoms with Crippen LogP contribution < -0.4 is 15.8 Å². The Morgan fingerprint density at radius 1 is 1.20 bits per heavy atom. The van der Waals surface area contributed by atoms with Gasteiger partial charge in [0.2, 0.25) is 5.95 Å². The lowest BCUT2D eigenvalue weighted by Crippen LogP contribution is -2.61. The van der Waals surface area contributed by atoms with Crippen LogP contribution in [-0.2, 0) is 7.05 Å². The van der Waals surface area contributed by atoms with E-state index in [1.165, 1.54) is 17.8 Å². The van der Waals surface area contributed by atoms with Crippen LogP contribution in [0.4, 0.5) is 5.95 Å². The lowest BCUT2D eigenvalue weighted by molar-refractivity contribution is 0.305. The van der Waals surface area contributed by atoms with Crippen LogP contribution in [-0.4, -0.2) is 44.7 Å². The van der Waals surface area contributed by atoms with Crippen molar-refractivity contribution in [2.24, 2.45) is 7.05 Å². The zero-order valence-electron chi connectivity index (χ0n) is 16.5. The van der Waals surface area contributed by atoms with Gasteiger partial charge in [-0.15, -0.1) is 11.3 Å². The summed E-state index contributed by atoms with van der Waals surface area (Å²) in [5.74, 6) is 0.751. The molecule has 0 radical (unpaired) electrons. The Morgan fingerprint density at radius 3 is 2.80 bits per heavy atom. The fourth-order valence-electron chi connectivity index (χ4n) is 5.01. The van der Waals surface area contributed by atoms with E-state index in [0.717, 1.165) is 53.2 Å². The van der Waals surface area contributed by atoms with Crippen molar-refractivity contribution >= 4 is 50.1 Å². The molecule has 2 saturated heterocycles. The van der Waals surface area contributed by atoms with Crippen LogP contribution >= 0.6 is 22.9 Å². The Balaban J connectivity index is 1.54. The summed E-state index contributed by atoms with van der Waals surface area (Å²) in [5, 5.41) is 4.72. The second-order valence-corrected chi connectivity index (χ2v) is 9.37. The first kappa shape index (κ1) is 18.4. The summed E-state index contributed by atoms with van der Waals surface area (Å²) in [6.45, 7) is 1.87. The van der Waals surface area contributed by atoms with Crippen LogP contribution in [0.3, 0.4) is 0 Å². The van der Waals surface area contributed by atoms with Gasteiger partial charge in [0.25, 0.3) is 5.56 Å². The van der Waals surface area contributed by atoms with Gasteiger partial charge in [-0.1, -0.05) is 17.7 Å². The number of aromatic nitrogens is 4. The molecule has 2 fully saturated rings. The van der Waals surface area contributed by atoms with Gasteiger partial charge in [0, 0.05) is 49.5 Å². The number of piperidine rings is 1. The van der Waals surface area contributed by atoms with Crippen LogP contribution in [0.15, 0.2) is 28.6 Å². The molecule has 1 aromatic carbocycles. The molecule has 2 aliphatic heterocycles. The van der Waals surface area contributed by atoms with Gasteiger partial charge in [0.05, 0.1) is 26.1 Å². The maximum absolute atomic E-state index is 13.5. The molecule has 0 spiro atoms. The van der Waals surface area contributed by atoms with Crippen LogP contribution in [0.5, 0.6) is 0 Å². The van der Waals surface area contributed by atoms with E-state index in [9.17, 15) is 4.79 Å². The molecule has 2 N–H and O–H groups in total. The highest BCUT2D eigenvalue weighted by molar-refractivity contribution is 7.17. The lowest BCUT2D eigenvalue weighted by atomic mass is 9.93. The van der Waals surface area contributed by atoms with Crippen molar-refractivity contribution < 1.29 is 0 Å². The monoisotopic (exact) mass is 440 g/mol. The molecule has 2 unspecified atom stereocenters. The van der Waals surface area contributed by atoms with Crippen LogP contribution in [0.25, 0.3) is 32.4 Å². The molecule has 154 valence electrons. The topological polar surface area (TPSA) is 78.8 Å². The third-order valence-electron chi connectivity index (χ3n) is 6.47. The number of rotatable bonds is 2. The van der Waals surface area contributed by atoms with E-state index in [1.807, 2.05) is 25.4 Å². The van der Waals surface area contributed by atoms with Crippen molar-refractivity contribution in [3.63, 3.8) is 0 Å². The van der Waals surface area contributed by atoms with Gasteiger partial charge in [-0.25, -0.2) is 4.98 Å². The number of nitrogens with one attached hydrogen (secondary N) is 2. The predicted molar refractivity (Wildman–Crippen MR) is 122 cm³/mol. The first-order valence-electron chi connectivity index (χ1n) is 10.2. The Labute approximate surface area is 181 Å². The SMILES string of the molecule is Cn1c(N2C3CCCC2CNC3)nc2[nH]cc(-c3ccc4ncsc4c3Cl)c2c1=O. The molecule has 5 heterocycles. The molecule has 9 heteroatoms. The van der Waals surface area contributed by atoms with Gasteiger partial charge in [0.15, 0.2) is 0 Å². The van der Waals surface area contributed by atoms with Gasteiger partial charge < -0.3 is 15.2 Å². The number of H-pyrrole nitrogens is 1. The third-order valence-corrected chi connectivity index (χ3v) is 7.84. The smallest absolute Gasteiger partial charge is 0.264 e. The average molecular weight is 441 g/mol. The largest absolute Gasteiger partial charge is 0.345 e. The van der Waals surface area contributed by atoms with Crippen LogP contribution in [0.1, 0.15) is 19.3 Å². The average Bonchev–Trinajstić information content (AvgIpc) is 3.38. The fourth-order valence-corrected chi connectivity index (χ4v) is 6.13. The molecule has 4 aromatic rings. The van der Waals surface area contributed by atoms with Crippen molar-refractivity contribution in [3.05, 3.63) is 39.2 Å². The number of aromatic amines is 1. The van der Waals surface area contributed by atoms with Gasteiger partial charge in [0.1, 0.15) is 5.65 Å². The molecular formula is C21H21ClN6OS. The first-order valence-corrected chi connectivity index (χ1v) is 11.5. The highest BCUT2D eigenvalue weighted by Crippen LogP contribution is 2.38.